The number of nitrogens with two attached hydrogens (primary N) is 2. The van der Waals surface area contributed by atoms with Gasteiger partial charge in [-0.1, -0.05) is 0 Å². The predicted octanol–water partition coefficient (Wildman–Crippen LogP) is -1.06. The molecule has 0 saturated carbocycles. The summed E-state index contributed by atoms with van der Waals surface area (Å²) in [5, 5.41) is 17.1. The minimum atomic E-state index is -0.514. The van der Waals surface area contributed by atoms with E-state index in [4.69, 9.17) is 21.8 Å². The summed E-state index contributed by atoms with van der Waals surface area (Å²) in [6.07, 6.45) is 0.500. The third-order valence-electron chi connectivity index (χ3n) is 1.25. The van der Waals surface area contributed by atoms with Crippen LogP contribution in [0.5, 0.6) is 0 Å². The number of nitrogens with zero attached hydrogens (tertiary/aromatic N) is 1. The molecule has 0 amide bonds. The van der Waals surface area contributed by atoms with Crippen molar-refractivity contribution in [2.24, 2.45) is 11.5 Å². The van der Waals surface area contributed by atoms with Gasteiger partial charge in [-0.2, -0.15) is 5.26 Å². The highest BCUT2D eigenvalue weighted by atomic mass is 16.3. The molecule has 0 fully saturated rings. The van der Waals surface area contributed by atoms with Gasteiger partial charge in [0.1, 0.15) is 0 Å². The van der Waals surface area contributed by atoms with Gasteiger partial charge in [-0.25, -0.2) is 0 Å². The van der Waals surface area contributed by atoms with Gasteiger partial charge in [-0.3, -0.25) is 0 Å². The summed E-state index contributed by atoms with van der Waals surface area (Å²) < 4.78 is 0. The lowest BCUT2D eigenvalue weighted by molar-refractivity contribution is 0.169. The van der Waals surface area contributed by atoms with Crippen LogP contribution in [-0.4, -0.2) is 23.8 Å². The minimum absolute atomic E-state index is 0.234. The maximum absolute atomic E-state index is 8.91. The third kappa shape index (κ3) is 4.27. The monoisotopic (exact) mass is 143 g/mol. The Balaban J connectivity index is 3.28. The first-order chi connectivity index (χ1) is 4.70. The van der Waals surface area contributed by atoms with Crippen molar-refractivity contribution in [3.8, 4) is 6.07 Å². The first-order valence-corrected chi connectivity index (χ1v) is 3.24. The van der Waals surface area contributed by atoms with E-state index in [2.05, 4.69) is 0 Å². The van der Waals surface area contributed by atoms with E-state index >= 15 is 0 Å². The Hall–Kier alpha value is -0.630. The number of nitriles is 1. The first-order valence-electron chi connectivity index (χ1n) is 3.24. The average molecular weight is 143 g/mol. The number of hydrogen-bond acceptors (Lipinski definition) is 4. The fraction of sp³-hybridized carbons (Fsp3) is 0.833. The van der Waals surface area contributed by atoms with Crippen LogP contribution in [0.3, 0.4) is 0 Å². The van der Waals surface area contributed by atoms with Crippen LogP contribution in [0.2, 0.25) is 0 Å². The van der Waals surface area contributed by atoms with Gasteiger partial charge in [0.15, 0.2) is 0 Å². The largest absolute Gasteiger partial charge is 0.392 e. The van der Waals surface area contributed by atoms with E-state index in [1.807, 2.05) is 6.07 Å². The van der Waals surface area contributed by atoms with Gasteiger partial charge in [-0.15, -0.1) is 0 Å². The van der Waals surface area contributed by atoms with Crippen molar-refractivity contribution in [1.29, 1.82) is 5.26 Å². The Kier molecular flexibility index (Phi) is 4.85. The molecular weight excluding hydrogens is 130 g/mol. The number of aliphatic hydroxyl groups is 1. The molecule has 4 heteroatoms. The second-order valence-corrected chi connectivity index (χ2v) is 2.20. The predicted molar refractivity (Wildman–Crippen MR) is 37.9 cm³/mol. The fourth-order valence-electron chi connectivity index (χ4n) is 0.554. The maximum atomic E-state index is 8.91. The second-order valence-electron chi connectivity index (χ2n) is 2.20. The standard InChI is InChI=1S/C6H13N3O/c7-3-5(9)1-2-6(10)4-8/h5-6,10H,1-2,4,8-9H2. The van der Waals surface area contributed by atoms with Gasteiger partial charge in [0.2, 0.25) is 0 Å². The van der Waals surface area contributed by atoms with Crippen LogP contribution >= 0.6 is 0 Å². The average Bonchev–Trinajstić information content (AvgIpc) is 1.99. The summed E-state index contributed by atoms with van der Waals surface area (Å²) in [5.41, 5.74) is 10.4. The Morgan fingerprint density at radius 2 is 2.10 bits per heavy atom. The topological polar surface area (TPSA) is 96.1 Å². The lowest BCUT2D eigenvalue weighted by Crippen LogP contribution is -2.24. The summed E-state index contributed by atoms with van der Waals surface area (Å²) in [5.74, 6) is 0. The summed E-state index contributed by atoms with van der Waals surface area (Å²) >= 11 is 0. The van der Waals surface area contributed by atoms with E-state index in [-0.39, 0.29) is 6.54 Å². The van der Waals surface area contributed by atoms with Crippen molar-refractivity contribution >= 4 is 0 Å². The highest BCUT2D eigenvalue weighted by Gasteiger charge is 2.04. The second kappa shape index (κ2) is 5.18. The molecule has 0 aliphatic heterocycles. The number of hydrogen-bond donors (Lipinski definition) is 3. The van der Waals surface area contributed by atoms with E-state index in [1.165, 1.54) is 0 Å². The molecule has 2 unspecified atom stereocenters. The molecule has 0 saturated heterocycles. The molecule has 0 aromatic heterocycles. The first kappa shape index (κ1) is 9.37. The normalized spacial score (nSPS) is 15.8. The van der Waals surface area contributed by atoms with E-state index in [1.54, 1.807) is 0 Å². The Morgan fingerprint density at radius 3 is 2.50 bits per heavy atom. The van der Waals surface area contributed by atoms with E-state index in [9.17, 15) is 0 Å². The highest BCUT2D eigenvalue weighted by molar-refractivity contribution is 4.86. The van der Waals surface area contributed by atoms with Gasteiger partial charge in [0, 0.05) is 6.54 Å². The van der Waals surface area contributed by atoms with Crippen molar-refractivity contribution in [2.45, 2.75) is 25.0 Å². The van der Waals surface area contributed by atoms with Crippen molar-refractivity contribution in [3.63, 3.8) is 0 Å². The fourth-order valence-corrected chi connectivity index (χ4v) is 0.554. The summed E-state index contributed by atoms with van der Waals surface area (Å²) in [7, 11) is 0. The summed E-state index contributed by atoms with van der Waals surface area (Å²) in [6, 6.07) is 1.40. The van der Waals surface area contributed by atoms with Crippen molar-refractivity contribution in [1.82, 2.24) is 0 Å². The van der Waals surface area contributed by atoms with Crippen LogP contribution in [0.4, 0.5) is 0 Å². The molecule has 5 N–H and O–H groups in total. The molecule has 4 nitrogen and oxygen atoms in total. The number of aliphatic hydroxyl groups excluding tert-OH is 1. The lowest BCUT2D eigenvalue weighted by Gasteiger charge is -2.06. The van der Waals surface area contributed by atoms with Gasteiger partial charge in [-0.05, 0) is 12.8 Å². The van der Waals surface area contributed by atoms with Crippen molar-refractivity contribution in [3.05, 3.63) is 0 Å². The van der Waals surface area contributed by atoms with Crippen molar-refractivity contribution in [2.75, 3.05) is 6.54 Å². The molecule has 0 radical (unpaired) electrons. The Bertz CT molecular complexity index is 121. The van der Waals surface area contributed by atoms with Gasteiger partial charge in [0.05, 0.1) is 18.2 Å². The molecule has 2 atom stereocenters. The third-order valence-corrected chi connectivity index (χ3v) is 1.25. The molecule has 0 aromatic rings. The van der Waals surface area contributed by atoms with E-state index in [0.717, 1.165) is 0 Å². The molecule has 58 valence electrons. The molecule has 0 bridgehead atoms. The van der Waals surface area contributed by atoms with Crippen LogP contribution < -0.4 is 11.5 Å². The van der Waals surface area contributed by atoms with Gasteiger partial charge in [0.25, 0.3) is 0 Å². The van der Waals surface area contributed by atoms with Crippen LogP contribution in [0.1, 0.15) is 12.8 Å². The Morgan fingerprint density at radius 1 is 1.50 bits per heavy atom. The zero-order valence-electron chi connectivity index (χ0n) is 5.83. The highest BCUT2D eigenvalue weighted by Crippen LogP contribution is 1.97. The molecule has 0 aliphatic carbocycles. The molecule has 0 heterocycles. The van der Waals surface area contributed by atoms with Crippen LogP contribution in [0.25, 0.3) is 0 Å². The summed E-state index contributed by atoms with van der Waals surface area (Å²) in [6.45, 7) is 0.234. The van der Waals surface area contributed by atoms with Gasteiger partial charge < -0.3 is 16.6 Å². The molecule has 0 rings (SSSR count). The van der Waals surface area contributed by atoms with Crippen LogP contribution in [-0.2, 0) is 0 Å². The Labute approximate surface area is 60.4 Å². The molecule has 0 aromatic carbocycles. The quantitative estimate of drug-likeness (QED) is 0.467. The van der Waals surface area contributed by atoms with E-state index < -0.39 is 12.1 Å². The van der Waals surface area contributed by atoms with Crippen molar-refractivity contribution < 1.29 is 5.11 Å². The maximum Gasteiger partial charge on any atom is 0.0929 e. The summed E-state index contributed by atoms with van der Waals surface area (Å²) in [4.78, 5) is 0. The minimum Gasteiger partial charge on any atom is -0.392 e. The smallest absolute Gasteiger partial charge is 0.0929 e. The number of rotatable bonds is 4. The van der Waals surface area contributed by atoms with Crippen LogP contribution in [0, 0.1) is 11.3 Å². The molecule has 10 heavy (non-hydrogen) atoms. The molecular formula is C6H13N3O. The SMILES string of the molecule is N#CC(N)CCC(O)CN. The van der Waals surface area contributed by atoms with Gasteiger partial charge >= 0.3 is 0 Å². The molecule has 0 spiro atoms. The zero-order chi connectivity index (χ0) is 7.98. The molecule has 0 aliphatic rings. The van der Waals surface area contributed by atoms with Crippen LogP contribution in [0.15, 0.2) is 0 Å². The zero-order valence-corrected chi connectivity index (χ0v) is 5.83. The lowest BCUT2D eigenvalue weighted by atomic mass is 10.1. The van der Waals surface area contributed by atoms with E-state index in [0.29, 0.717) is 12.8 Å².